The number of allylic oxidation sites excluding steroid dienone is 4. The first-order valence-electron chi connectivity index (χ1n) is 15.5. The van der Waals surface area contributed by atoms with Crippen LogP contribution in [0.2, 0.25) is 0 Å². The van der Waals surface area contributed by atoms with E-state index in [2.05, 4.69) is 14.2 Å². The summed E-state index contributed by atoms with van der Waals surface area (Å²) < 4.78 is 25.2. The second-order valence-electron chi connectivity index (χ2n) is 12.1. The fourth-order valence-electron chi connectivity index (χ4n) is 5.50. The van der Waals surface area contributed by atoms with Crippen LogP contribution in [0.3, 0.4) is 0 Å². The summed E-state index contributed by atoms with van der Waals surface area (Å²) in [4.78, 5) is 66.7. The Bertz CT molecular complexity index is 1370. The molecular formula is C33H48IN5O9. The molecule has 0 aromatic heterocycles. The molecule has 1 aliphatic heterocycles. The van der Waals surface area contributed by atoms with Gasteiger partial charge in [0.2, 0.25) is 11.6 Å². The summed E-state index contributed by atoms with van der Waals surface area (Å²) in [7, 11) is 6.71. The number of methoxy groups -OCH3 is 2. The Morgan fingerprint density at radius 2 is 1.79 bits per heavy atom. The van der Waals surface area contributed by atoms with Gasteiger partial charge in [0.1, 0.15) is 12.2 Å². The van der Waals surface area contributed by atoms with Crippen molar-refractivity contribution >= 4 is 52.5 Å². The van der Waals surface area contributed by atoms with Crippen LogP contribution in [0, 0.1) is 11.8 Å². The third kappa shape index (κ3) is 11.9. The molecule has 266 valence electrons. The Morgan fingerprint density at radius 1 is 1.10 bits per heavy atom. The molecule has 2 aliphatic rings. The van der Waals surface area contributed by atoms with Crippen molar-refractivity contribution in [2.75, 3.05) is 41.4 Å². The van der Waals surface area contributed by atoms with Crippen molar-refractivity contribution in [3.63, 3.8) is 0 Å². The summed E-state index contributed by atoms with van der Waals surface area (Å²) in [5.41, 5.74) is 6.48. The maximum Gasteiger partial charge on any atom is 0.416 e. The van der Waals surface area contributed by atoms with Gasteiger partial charge in [-0.25, -0.2) is 9.59 Å². The lowest BCUT2D eigenvalue weighted by atomic mass is 9.85. The predicted molar refractivity (Wildman–Crippen MR) is 188 cm³/mol. The maximum absolute atomic E-state index is 13.8. The fourth-order valence-corrected chi connectivity index (χ4v) is 5.62. The van der Waals surface area contributed by atoms with Crippen molar-refractivity contribution in [2.45, 2.75) is 65.0 Å². The van der Waals surface area contributed by atoms with Crippen LogP contribution in [-0.2, 0) is 33.3 Å². The van der Waals surface area contributed by atoms with Gasteiger partial charge in [-0.1, -0.05) is 38.2 Å². The minimum Gasteiger partial charge on any atom is -0.442 e. The smallest absolute Gasteiger partial charge is 0.416 e. The minimum absolute atomic E-state index is 0.138. The van der Waals surface area contributed by atoms with Gasteiger partial charge in [-0.15, -0.1) is 0 Å². The van der Waals surface area contributed by atoms with E-state index in [0.29, 0.717) is 25.1 Å². The summed E-state index contributed by atoms with van der Waals surface area (Å²) in [5, 5.41) is 5.72. The molecule has 0 radical (unpaired) electrons. The van der Waals surface area contributed by atoms with Crippen molar-refractivity contribution in [2.24, 2.45) is 17.6 Å². The first-order chi connectivity index (χ1) is 22.6. The number of nitrogens with two attached hydrogens (primary N) is 1. The molecule has 0 spiro atoms. The van der Waals surface area contributed by atoms with E-state index in [1.54, 1.807) is 54.9 Å². The second kappa shape index (κ2) is 19.5. The number of halogens is 1. The molecule has 0 saturated carbocycles. The molecule has 14 nitrogen and oxygen atoms in total. The van der Waals surface area contributed by atoms with E-state index < -0.39 is 60.0 Å². The zero-order valence-electron chi connectivity index (χ0n) is 28.8. The Labute approximate surface area is 296 Å². The first kappa shape index (κ1) is 40.6. The van der Waals surface area contributed by atoms with E-state index in [4.69, 9.17) is 24.7 Å². The van der Waals surface area contributed by atoms with Gasteiger partial charge in [0, 0.05) is 50.4 Å². The Kier molecular flexibility index (Phi) is 16.5. The average Bonchev–Trinajstić information content (AvgIpc) is 3.02. The topological polar surface area (TPSA) is 188 Å². The van der Waals surface area contributed by atoms with Crippen molar-refractivity contribution in [1.29, 1.82) is 0 Å². The number of fused-ring (bicyclic) bond motifs is 2. The number of carbonyl (C=O) groups is 5. The zero-order chi connectivity index (χ0) is 36.1. The molecule has 0 aromatic carbocycles. The summed E-state index contributed by atoms with van der Waals surface area (Å²) in [6.45, 7) is 8.03. The van der Waals surface area contributed by atoms with Gasteiger partial charge >= 0.3 is 12.2 Å². The molecule has 1 aliphatic carbocycles. The molecule has 0 unspecified atom stereocenters. The number of ketones is 2. The van der Waals surface area contributed by atoms with Gasteiger partial charge in [-0.05, 0) is 52.3 Å². The number of likely N-dealkylation sites (N-methyl/N-ethyl adjacent to an activating group) is 1. The summed E-state index contributed by atoms with van der Waals surface area (Å²) in [5.74, 6) is -2.23. The number of Topliss-reactive ketones (excluding diaryl/α,β-unsaturated/α-hetero) is 1. The van der Waals surface area contributed by atoms with E-state index in [1.165, 1.54) is 20.3 Å². The van der Waals surface area contributed by atoms with Gasteiger partial charge in [0.15, 0.2) is 6.10 Å². The van der Waals surface area contributed by atoms with Crippen LogP contribution >= 0.6 is 22.9 Å². The number of rotatable bonds is 8. The molecule has 2 bridgehead atoms. The SMILES string of the molecule is CO[C@@H]1/C=C\C=C(/C)C(=O)NC2=CC(=O)C(NCCN(C)C)=C(C[C@H](C)C[C@@H](OC)[C@@H](OC(=O)NI)[C@H](C)/C=C(\C)[C@H]1OC(N)=O)C2=O. The van der Waals surface area contributed by atoms with E-state index >= 15 is 0 Å². The van der Waals surface area contributed by atoms with Gasteiger partial charge < -0.3 is 40.2 Å². The van der Waals surface area contributed by atoms with Crippen molar-refractivity contribution in [3.8, 4) is 0 Å². The van der Waals surface area contributed by atoms with Gasteiger partial charge in [-0.2, -0.15) is 0 Å². The molecule has 1 heterocycles. The number of nitrogens with zero attached hydrogens (tertiary/aromatic N) is 1. The molecule has 6 atom stereocenters. The van der Waals surface area contributed by atoms with Crippen LogP contribution in [0.5, 0.6) is 0 Å². The Morgan fingerprint density at radius 3 is 2.38 bits per heavy atom. The Balaban J connectivity index is 2.72. The van der Waals surface area contributed by atoms with Crippen molar-refractivity contribution in [1.82, 2.24) is 19.1 Å². The number of amides is 3. The largest absolute Gasteiger partial charge is 0.442 e. The van der Waals surface area contributed by atoms with E-state index in [0.717, 1.165) is 6.08 Å². The number of ether oxygens (including phenoxy) is 4. The van der Waals surface area contributed by atoms with Gasteiger partial charge in [-0.3, -0.25) is 17.9 Å². The lowest BCUT2D eigenvalue weighted by molar-refractivity contribution is -0.120. The molecule has 0 aromatic rings. The van der Waals surface area contributed by atoms with Crippen LogP contribution in [0.15, 0.2) is 58.5 Å². The highest BCUT2D eigenvalue weighted by Crippen LogP contribution is 2.30. The lowest BCUT2D eigenvalue weighted by Crippen LogP contribution is -2.41. The van der Waals surface area contributed by atoms with Crippen LogP contribution < -0.4 is 19.9 Å². The van der Waals surface area contributed by atoms with Crippen molar-refractivity contribution in [3.05, 3.63) is 58.5 Å². The number of carbonyl (C=O) groups excluding carboxylic acids is 5. The van der Waals surface area contributed by atoms with Gasteiger partial charge in [0.05, 0.1) is 40.4 Å². The highest BCUT2D eigenvalue weighted by Gasteiger charge is 2.35. The standard InChI is InChI=1S/C33H48IN5O9/c1-18-14-22-27(36-12-13-39(5)6)24(40)17-23(28(22)41)37-31(42)19(2)10-9-11-25(45-7)29(47-32(35)43)20(3)16-21(4)30(26(15-18)46-8)48-33(44)38-34/h9-11,16-18,21,25-26,29-30,36H,12-15H2,1-8H3,(H2,35,43)(H,37,42)(H,38,44)/b11-9-,19-10+,20-16+/t18-,21+,25+,26+,29+,30-/m0/s1. The highest BCUT2D eigenvalue weighted by atomic mass is 127. The zero-order valence-corrected chi connectivity index (χ0v) is 30.9. The molecule has 0 saturated heterocycles. The van der Waals surface area contributed by atoms with E-state index in [1.807, 2.05) is 32.8 Å². The molecule has 0 fully saturated rings. The number of primary amides is 1. The second-order valence-corrected chi connectivity index (χ2v) is 12.7. The molecule has 2 rings (SSSR count). The van der Waals surface area contributed by atoms with Gasteiger partial charge in [0.25, 0.3) is 5.91 Å². The fraction of sp³-hybridized carbons (Fsp3) is 0.545. The predicted octanol–water partition coefficient (Wildman–Crippen LogP) is 3.00. The van der Waals surface area contributed by atoms with Crippen LogP contribution in [0.25, 0.3) is 0 Å². The monoisotopic (exact) mass is 785 g/mol. The minimum atomic E-state index is -1.02. The molecule has 5 N–H and O–H groups in total. The van der Waals surface area contributed by atoms with Crippen LogP contribution in [0.4, 0.5) is 9.59 Å². The third-order valence-corrected chi connectivity index (χ3v) is 8.38. The van der Waals surface area contributed by atoms with Crippen LogP contribution in [0.1, 0.15) is 40.5 Å². The maximum atomic E-state index is 13.8. The number of hydrogen-bond acceptors (Lipinski definition) is 11. The molecule has 3 amide bonds. The van der Waals surface area contributed by atoms with E-state index in [-0.39, 0.29) is 34.9 Å². The molecule has 15 heteroatoms. The lowest BCUT2D eigenvalue weighted by Gasteiger charge is -2.32. The average molecular weight is 786 g/mol. The number of hydrogen-bond donors (Lipinski definition) is 4. The Hall–Kier alpha value is -3.54. The summed E-state index contributed by atoms with van der Waals surface area (Å²) in [6.07, 6.45) is 3.04. The molecular weight excluding hydrogens is 737 g/mol. The quantitative estimate of drug-likeness (QED) is 0.123. The van der Waals surface area contributed by atoms with Crippen molar-refractivity contribution < 1.29 is 42.9 Å². The highest BCUT2D eigenvalue weighted by molar-refractivity contribution is 14.1. The third-order valence-electron chi connectivity index (χ3n) is 7.94. The first-order valence-corrected chi connectivity index (χ1v) is 16.6. The summed E-state index contributed by atoms with van der Waals surface area (Å²) >= 11 is 1.68. The van der Waals surface area contributed by atoms with Crippen LogP contribution in [-0.4, -0.2) is 100 Å². The normalized spacial score (nSPS) is 29.1. The molecule has 48 heavy (non-hydrogen) atoms. The summed E-state index contributed by atoms with van der Waals surface area (Å²) in [6, 6.07) is 0. The number of nitrogens with one attached hydrogen (secondary N) is 3. The van der Waals surface area contributed by atoms with E-state index in [9.17, 15) is 24.0 Å².